The van der Waals surface area contributed by atoms with Gasteiger partial charge in [0.1, 0.15) is 0 Å². The Morgan fingerprint density at radius 2 is 0.889 bits per heavy atom. The van der Waals surface area contributed by atoms with Crippen LogP contribution in [0.15, 0.2) is 182 Å². The molecule has 0 aliphatic carbocycles. The van der Waals surface area contributed by atoms with E-state index >= 15 is 0 Å². The van der Waals surface area contributed by atoms with E-state index in [4.69, 9.17) is 9.97 Å². The van der Waals surface area contributed by atoms with Gasteiger partial charge in [-0.1, -0.05) is 127 Å². The molecule has 54 heavy (non-hydrogen) atoms. The van der Waals surface area contributed by atoms with Crippen LogP contribution in [-0.2, 0) is 0 Å². The van der Waals surface area contributed by atoms with E-state index in [2.05, 4.69) is 191 Å². The van der Waals surface area contributed by atoms with Crippen molar-refractivity contribution in [3.8, 4) is 22.9 Å². The van der Waals surface area contributed by atoms with Gasteiger partial charge in [-0.15, -0.1) is 0 Å². The third-order valence-electron chi connectivity index (χ3n) is 11.3. The minimum Gasteiger partial charge on any atom is -0.309 e. The smallest absolute Gasteiger partial charge is 0.235 e. The number of aromatic nitrogens is 4. The Labute approximate surface area is 309 Å². The Morgan fingerprint density at radius 1 is 0.315 bits per heavy atom. The van der Waals surface area contributed by atoms with Gasteiger partial charge in [0.25, 0.3) is 0 Å². The normalized spacial score (nSPS) is 12.1. The first-order chi connectivity index (χ1) is 26.8. The van der Waals surface area contributed by atoms with Crippen LogP contribution < -0.4 is 0 Å². The number of para-hydroxylation sites is 3. The monoisotopic (exact) mass is 686 g/mol. The zero-order chi connectivity index (χ0) is 35.3. The molecular formula is C50H30N4. The Kier molecular flexibility index (Phi) is 6.02. The Hall–Kier alpha value is -7.30. The van der Waals surface area contributed by atoms with E-state index in [-0.39, 0.29) is 0 Å². The number of nitrogens with zero attached hydrogens (tertiary/aromatic N) is 4. The Balaban J connectivity index is 1.25. The summed E-state index contributed by atoms with van der Waals surface area (Å²) in [7, 11) is 0. The molecule has 0 radical (unpaired) electrons. The predicted molar refractivity (Wildman–Crippen MR) is 226 cm³/mol. The third-order valence-corrected chi connectivity index (χ3v) is 11.3. The third kappa shape index (κ3) is 4.13. The van der Waals surface area contributed by atoms with Gasteiger partial charge in [-0.25, -0.2) is 9.97 Å². The highest BCUT2D eigenvalue weighted by Gasteiger charge is 2.22. The fourth-order valence-electron chi connectivity index (χ4n) is 8.85. The molecule has 0 spiro atoms. The molecule has 3 heterocycles. The molecule has 4 heteroatoms. The van der Waals surface area contributed by atoms with Crippen LogP contribution in [0, 0.1) is 0 Å². The fraction of sp³-hybridized carbons (Fsp3) is 0. The summed E-state index contributed by atoms with van der Waals surface area (Å²) >= 11 is 0. The molecule has 250 valence electrons. The van der Waals surface area contributed by atoms with E-state index in [1.807, 2.05) is 0 Å². The van der Waals surface area contributed by atoms with Gasteiger partial charge >= 0.3 is 0 Å². The molecule has 0 aliphatic heterocycles. The summed E-state index contributed by atoms with van der Waals surface area (Å²) in [4.78, 5) is 11.0. The molecule has 0 unspecified atom stereocenters. The maximum Gasteiger partial charge on any atom is 0.235 e. The van der Waals surface area contributed by atoms with Crippen LogP contribution in [0.3, 0.4) is 0 Å². The van der Waals surface area contributed by atoms with Gasteiger partial charge in [-0.3, -0.25) is 4.57 Å². The van der Waals surface area contributed by atoms with Crippen molar-refractivity contribution >= 4 is 86.8 Å². The van der Waals surface area contributed by atoms with Crippen molar-refractivity contribution in [3.05, 3.63) is 182 Å². The summed E-state index contributed by atoms with van der Waals surface area (Å²) in [6.07, 6.45) is 0. The summed E-state index contributed by atoms with van der Waals surface area (Å²) in [5, 5.41) is 13.0. The van der Waals surface area contributed by atoms with Gasteiger partial charge in [-0.05, 0) is 86.9 Å². The summed E-state index contributed by atoms with van der Waals surface area (Å²) in [5.41, 5.74) is 8.53. The van der Waals surface area contributed by atoms with E-state index < -0.39 is 0 Å². The fourth-order valence-corrected chi connectivity index (χ4v) is 8.85. The topological polar surface area (TPSA) is 35.6 Å². The molecule has 0 saturated carbocycles. The lowest BCUT2D eigenvalue weighted by Gasteiger charge is -2.15. The van der Waals surface area contributed by atoms with Crippen LogP contribution in [-0.4, -0.2) is 19.1 Å². The maximum absolute atomic E-state index is 5.60. The Morgan fingerprint density at radius 3 is 1.72 bits per heavy atom. The van der Waals surface area contributed by atoms with Gasteiger partial charge in [-0.2, -0.15) is 0 Å². The van der Waals surface area contributed by atoms with Crippen LogP contribution in [0.1, 0.15) is 0 Å². The highest BCUT2D eigenvalue weighted by Crippen LogP contribution is 2.42. The van der Waals surface area contributed by atoms with Crippen molar-refractivity contribution in [2.24, 2.45) is 0 Å². The van der Waals surface area contributed by atoms with Crippen molar-refractivity contribution < 1.29 is 0 Å². The maximum atomic E-state index is 5.60. The number of hydrogen-bond acceptors (Lipinski definition) is 2. The summed E-state index contributed by atoms with van der Waals surface area (Å²) in [6, 6.07) is 65.5. The average molecular weight is 687 g/mol. The number of fused-ring (bicyclic) bond motifs is 11. The van der Waals surface area contributed by atoms with Crippen molar-refractivity contribution in [2.75, 3.05) is 0 Å². The molecule has 0 fully saturated rings. The van der Waals surface area contributed by atoms with E-state index in [1.165, 1.54) is 59.4 Å². The first-order valence-electron chi connectivity index (χ1n) is 18.4. The predicted octanol–water partition coefficient (Wildman–Crippen LogP) is 13.0. The molecular weight excluding hydrogens is 657 g/mol. The van der Waals surface area contributed by atoms with Crippen LogP contribution in [0.4, 0.5) is 0 Å². The first-order valence-corrected chi connectivity index (χ1v) is 18.4. The quantitative estimate of drug-likeness (QED) is 0.173. The molecule has 12 aromatic rings. The molecule has 0 bridgehead atoms. The molecule has 0 saturated heterocycles. The lowest BCUT2D eigenvalue weighted by atomic mass is 9.94. The molecule has 0 atom stereocenters. The van der Waals surface area contributed by atoms with Crippen molar-refractivity contribution in [2.45, 2.75) is 0 Å². The molecule has 0 aliphatic rings. The van der Waals surface area contributed by atoms with Gasteiger partial charge in [0.05, 0.1) is 33.3 Å². The largest absolute Gasteiger partial charge is 0.309 e. The number of rotatable bonds is 3. The van der Waals surface area contributed by atoms with E-state index in [0.29, 0.717) is 5.95 Å². The highest BCUT2D eigenvalue weighted by molar-refractivity contribution is 6.21. The zero-order valence-corrected chi connectivity index (χ0v) is 29.1. The minimum absolute atomic E-state index is 0.651. The molecule has 9 aromatic carbocycles. The minimum atomic E-state index is 0.651. The van der Waals surface area contributed by atoms with Crippen LogP contribution in [0.5, 0.6) is 0 Å². The average Bonchev–Trinajstić information content (AvgIpc) is 3.72. The van der Waals surface area contributed by atoms with E-state index in [9.17, 15) is 0 Å². The second-order valence-electron chi connectivity index (χ2n) is 14.2. The SMILES string of the molecule is c1ccc(-n2c3ccccc3c3cc4c5cc6ccccc6cc5n(-c5nc(-c6cc7ccccc7c7ccccc67)c6ccccc6n5)c4cc32)cc1. The highest BCUT2D eigenvalue weighted by atomic mass is 15.2. The van der Waals surface area contributed by atoms with Gasteiger partial charge in [0.15, 0.2) is 0 Å². The van der Waals surface area contributed by atoms with Gasteiger partial charge in [0, 0.05) is 38.2 Å². The summed E-state index contributed by atoms with van der Waals surface area (Å²) < 4.78 is 4.68. The second kappa shape index (κ2) is 11.1. The summed E-state index contributed by atoms with van der Waals surface area (Å²) in [6.45, 7) is 0. The number of hydrogen-bond donors (Lipinski definition) is 0. The van der Waals surface area contributed by atoms with Crippen molar-refractivity contribution in [1.82, 2.24) is 19.1 Å². The molecule has 0 N–H and O–H groups in total. The lowest BCUT2D eigenvalue weighted by Crippen LogP contribution is -2.04. The van der Waals surface area contributed by atoms with Gasteiger partial charge in [0.2, 0.25) is 5.95 Å². The van der Waals surface area contributed by atoms with Crippen LogP contribution in [0.25, 0.3) is 110 Å². The summed E-state index contributed by atoms with van der Waals surface area (Å²) in [5.74, 6) is 0.651. The molecule has 4 nitrogen and oxygen atoms in total. The molecule has 0 amide bonds. The van der Waals surface area contributed by atoms with Crippen molar-refractivity contribution in [3.63, 3.8) is 0 Å². The van der Waals surface area contributed by atoms with Crippen LogP contribution >= 0.6 is 0 Å². The van der Waals surface area contributed by atoms with E-state index in [0.717, 1.165) is 44.4 Å². The standard InChI is InChI=1S/C50H30N4/c1-2-17-34(18-3-1)53-45-25-13-11-22-38(45)41-29-42-40-26-31-14-4-5-15-32(31)28-46(40)54(48(42)30-47(41)53)50-51-44-24-12-10-23-39(44)49(52-50)43-27-33-16-6-7-19-35(33)36-20-8-9-21-37(36)43/h1-30H. The van der Waals surface area contributed by atoms with Gasteiger partial charge < -0.3 is 4.57 Å². The lowest BCUT2D eigenvalue weighted by molar-refractivity contribution is 1.01. The number of benzene rings is 9. The second-order valence-corrected chi connectivity index (χ2v) is 14.2. The van der Waals surface area contributed by atoms with Crippen LogP contribution in [0.2, 0.25) is 0 Å². The van der Waals surface area contributed by atoms with E-state index in [1.54, 1.807) is 0 Å². The first kappa shape index (κ1) is 29.3. The zero-order valence-electron chi connectivity index (χ0n) is 29.1. The van der Waals surface area contributed by atoms with Crippen molar-refractivity contribution in [1.29, 1.82) is 0 Å². The Bertz CT molecular complexity index is 3500. The molecule has 3 aromatic heterocycles. The molecule has 12 rings (SSSR count).